The first-order chi connectivity index (χ1) is 13.3. The largest absolute Gasteiger partial charge is 0.379 e. The van der Waals surface area contributed by atoms with Crippen LogP contribution >= 0.6 is 0 Å². The Morgan fingerprint density at radius 2 is 1.59 bits per heavy atom. The second-order valence-corrected chi connectivity index (χ2v) is 6.10. The molecule has 0 aromatic heterocycles. The zero-order valence-corrected chi connectivity index (χ0v) is 16.6. The number of nitrogens with one attached hydrogen (secondary N) is 1. The maximum atomic E-state index is 11.8. The van der Waals surface area contributed by atoms with E-state index in [1.165, 1.54) is 6.42 Å². The Morgan fingerprint density at radius 3 is 2.30 bits per heavy atom. The van der Waals surface area contributed by atoms with Crippen LogP contribution in [0, 0.1) is 11.8 Å². The van der Waals surface area contributed by atoms with Crippen molar-refractivity contribution in [3.05, 3.63) is 0 Å². The number of hydrogen-bond acceptors (Lipinski definition) is 6. The summed E-state index contributed by atoms with van der Waals surface area (Å²) in [5.74, 6) is 6.06. The normalized spacial score (nSPS) is 16.9. The van der Waals surface area contributed by atoms with Gasteiger partial charge in [-0.05, 0) is 26.2 Å². The van der Waals surface area contributed by atoms with E-state index in [0.717, 1.165) is 25.7 Å². The molecule has 0 aliphatic heterocycles. The molecule has 1 aliphatic carbocycles. The maximum Gasteiger partial charge on any atom is 0.246 e. The van der Waals surface area contributed by atoms with Crippen LogP contribution in [0.15, 0.2) is 0 Å². The van der Waals surface area contributed by atoms with E-state index in [1.54, 1.807) is 0 Å². The van der Waals surface area contributed by atoms with E-state index in [2.05, 4.69) is 17.2 Å². The van der Waals surface area contributed by atoms with Gasteiger partial charge in [0, 0.05) is 19.6 Å². The molecule has 1 rings (SSSR count). The average Bonchev–Trinajstić information content (AvgIpc) is 2.64. The van der Waals surface area contributed by atoms with Gasteiger partial charge < -0.3 is 29.0 Å². The molecule has 1 atom stereocenters. The summed E-state index contributed by atoms with van der Waals surface area (Å²) >= 11 is 0. The molecule has 0 bridgehead atoms. The molecule has 7 heteroatoms. The quantitative estimate of drug-likeness (QED) is 0.321. The van der Waals surface area contributed by atoms with Gasteiger partial charge in [0.1, 0.15) is 12.7 Å². The van der Waals surface area contributed by atoms with Crippen molar-refractivity contribution in [3.8, 4) is 11.8 Å². The van der Waals surface area contributed by atoms with Crippen LogP contribution in [0.5, 0.6) is 0 Å². The molecule has 0 radical (unpaired) electrons. The number of ether oxygens (including phenoxy) is 5. The molecular formula is C20H35NO6. The zero-order chi connectivity index (χ0) is 19.4. The molecule has 0 heterocycles. The summed E-state index contributed by atoms with van der Waals surface area (Å²) in [5.41, 5.74) is 0. The Bertz CT molecular complexity index is 420. The zero-order valence-electron chi connectivity index (χ0n) is 16.6. The van der Waals surface area contributed by atoms with Gasteiger partial charge in [0.2, 0.25) is 5.91 Å². The van der Waals surface area contributed by atoms with E-state index >= 15 is 0 Å². The Morgan fingerprint density at radius 1 is 0.926 bits per heavy atom. The fourth-order valence-corrected chi connectivity index (χ4v) is 2.40. The fraction of sp³-hybridized carbons (Fsp3) is 0.850. The van der Waals surface area contributed by atoms with Crippen LogP contribution in [0.3, 0.4) is 0 Å². The second kappa shape index (κ2) is 18.2. The molecule has 156 valence electrons. The van der Waals surface area contributed by atoms with Crippen molar-refractivity contribution < 1.29 is 28.5 Å². The summed E-state index contributed by atoms with van der Waals surface area (Å²) in [4.78, 5) is 11.8. The molecule has 0 saturated heterocycles. The van der Waals surface area contributed by atoms with E-state index in [1.807, 2.05) is 6.92 Å². The minimum Gasteiger partial charge on any atom is -0.379 e. The number of carbonyl (C=O) groups excluding carboxylic acids is 1. The molecule has 27 heavy (non-hydrogen) atoms. The van der Waals surface area contributed by atoms with Crippen molar-refractivity contribution >= 4 is 5.91 Å². The van der Waals surface area contributed by atoms with Gasteiger partial charge in [0.05, 0.1) is 46.2 Å². The minimum atomic E-state index is -0.136. The molecule has 1 aliphatic rings. The molecule has 0 aromatic carbocycles. The second-order valence-electron chi connectivity index (χ2n) is 6.10. The molecule has 0 aromatic rings. The molecule has 0 spiro atoms. The van der Waals surface area contributed by atoms with E-state index in [4.69, 9.17) is 23.7 Å². The van der Waals surface area contributed by atoms with Crippen LogP contribution in [0.4, 0.5) is 0 Å². The summed E-state index contributed by atoms with van der Waals surface area (Å²) in [5, 5.41) is 2.78. The third-order valence-corrected chi connectivity index (χ3v) is 3.84. The highest BCUT2D eigenvalue weighted by Gasteiger charge is 2.09. The van der Waals surface area contributed by atoms with Crippen molar-refractivity contribution in [2.24, 2.45) is 0 Å². The van der Waals surface area contributed by atoms with Crippen molar-refractivity contribution in [2.45, 2.75) is 45.1 Å². The van der Waals surface area contributed by atoms with Gasteiger partial charge in [0.25, 0.3) is 0 Å². The Labute approximate surface area is 163 Å². The lowest BCUT2D eigenvalue weighted by Crippen LogP contribution is -2.32. The van der Waals surface area contributed by atoms with E-state index < -0.39 is 0 Å². The molecule has 1 N–H and O–H groups in total. The topological polar surface area (TPSA) is 75.3 Å². The average molecular weight is 386 g/mol. The monoisotopic (exact) mass is 385 g/mol. The third kappa shape index (κ3) is 15.6. The fourth-order valence-electron chi connectivity index (χ4n) is 2.40. The van der Waals surface area contributed by atoms with Crippen molar-refractivity contribution in [1.82, 2.24) is 5.32 Å². The Kier molecular flexibility index (Phi) is 16.1. The van der Waals surface area contributed by atoms with Crippen molar-refractivity contribution in [2.75, 3.05) is 66.0 Å². The first kappa shape index (κ1) is 23.9. The molecule has 0 saturated carbocycles. The smallest absolute Gasteiger partial charge is 0.246 e. The van der Waals surface area contributed by atoms with Crippen LogP contribution in [-0.4, -0.2) is 78.0 Å². The molecule has 1 unspecified atom stereocenters. The minimum absolute atomic E-state index is 0.0474. The van der Waals surface area contributed by atoms with Gasteiger partial charge in [-0.25, -0.2) is 0 Å². The first-order valence-electron chi connectivity index (χ1n) is 10.0. The lowest BCUT2D eigenvalue weighted by molar-refractivity contribution is -0.127. The van der Waals surface area contributed by atoms with E-state index in [-0.39, 0.29) is 18.6 Å². The summed E-state index contributed by atoms with van der Waals surface area (Å²) in [6.45, 7) is 6.90. The molecule has 7 nitrogen and oxygen atoms in total. The van der Waals surface area contributed by atoms with Crippen LogP contribution < -0.4 is 5.32 Å². The highest BCUT2D eigenvalue weighted by molar-refractivity contribution is 5.77. The van der Waals surface area contributed by atoms with Crippen LogP contribution in [0.2, 0.25) is 0 Å². The summed E-state index contributed by atoms with van der Waals surface area (Å²) < 4.78 is 26.9. The number of rotatable bonds is 16. The highest BCUT2D eigenvalue weighted by Crippen LogP contribution is 2.10. The predicted molar refractivity (Wildman–Crippen MR) is 103 cm³/mol. The Hall–Kier alpha value is -1.17. The van der Waals surface area contributed by atoms with Gasteiger partial charge in [-0.2, -0.15) is 0 Å². The third-order valence-electron chi connectivity index (χ3n) is 3.84. The molecule has 1 amide bonds. The summed E-state index contributed by atoms with van der Waals surface area (Å²) in [6.07, 6.45) is 5.16. The lowest BCUT2D eigenvalue weighted by atomic mass is 10.1. The van der Waals surface area contributed by atoms with E-state index in [0.29, 0.717) is 59.4 Å². The van der Waals surface area contributed by atoms with Gasteiger partial charge in [0.15, 0.2) is 0 Å². The molecular weight excluding hydrogens is 350 g/mol. The van der Waals surface area contributed by atoms with Crippen molar-refractivity contribution in [3.63, 3.8) is 0 Å². The standard InChI is InChI=1S/C20H35NO6/c1-2-23-12-13-25-16-17-26-15-14-24-11-10-21-20(22)18-27-19-8-6-4-3-5-7-9-19/h19H,2-6,8,10-18H2,1H3,(H,21,22). The van der Waals surface area contributed by atoms with Gasteiger partial charge in [-0.15, -0.1) is 5.92 Å². The van der Waals surface area contributed by atoms with Crippen LogP contribution in [0.1, 0.15) is 39.0 Å². The maximum absolute atomic E-state index is 11.8. The predicted octanol–water partition coefficient (Wildman–Crippen LogP) is 1.54. The summed E-state index contributed by atoms with van der Waals surface area (Å²) in [7, 11) is 0. The van der Waals surface area contributed by atoms with Crippen LogP contribution in [0.25, 0.3) is 0 Å². The SMILES string of the molecule is CCOCCOCCOCCOCCNC(=O)COC1C#CCCCCC1. The number of hydrogen-bond donors (Lipinski definition) is 1. The molecule has 0 fully saturated rings. The Balaban J connectivity index is 1.84. The van der Waals surface area contributed by atoms with Gasteiger partial charge >= 0.3 is 0 Å². The van der Waals surface area contributed by atoms with Gasteiger partial charge in [-0.3, -0.25) is 4.79 Å². The van der Waals surface area contributed by atoms with Gasteiger partial charge in [-0.1, -0.05) is 12.3 Å². The lowest BCUT2D eigenvalue weighted by Gasteiger charge is -2.13. The highest BCUT2D eigenvalue weighted by atomic mass is 16.6. The number of carbonyl (C=O) groups is 1. The summed E-state index contributed by atoms with van der Waals surface area (Å²) in [6, 6.07) is 0. The van der Waals surface area contributed by atoms with Crippen molar-refractivity contribution in [1.29, 1.82) is 0 Å². The van der Waals surface area contributed by atoms with E-state index in [9.17, 15) is 4.79 Å². The van der Waals surface area contributed by atoms with Crippen LogP contribution in [-0.2, 0) is 28.5 Å². The first-order valence-corrected chi connectivity index (χ1v) is 10.0. The number of amides is 1.